The summed E-state index contributed by atoms with van der Waals surface area (Å²) in [5.74, 6) is 0.224. The lowest BCUT2D eigenvalue weighted by Gasteiger charge is -2.20. The zero-order valence-corrected chi connectivity index (χ0v) is 17.5. The van der Waals surface area contributed by atoms with Gasteiger partial charge in [0.2, 0.25) is 0 Å². The molecule has 2 N–H and O–H groups in total. The van der Waals surface area contributed by atoms with E-state index in [0.29, 0.717) is 24.3 Å². The van der Waals surface area contributed by atoms with Crippen LogP contribution in [0.15, 0.2) is 36.7 Å². The van der Waals surface area contributed by atoms with Crippen LogP contribution < -0.4 is 5.32 Å². The van der Waals surface area contributed by atoms with Crippen molar-refractivity contribution in [3.63, 3.8) is 0 Å². The first-order valence-electron chi connectivity index (χ1n) is 10.1. The molecule has 29 heavy (non-hydrogen) atoms. The third-order valence-corrected chi connectivity index (χ3v) is 6.14. The second-order valence-corrected chi connectivity index (χ2v) is 8.34. The molecular weight excluding hydrogens is 364 g/mol. The van der Waals surface area contributed by atoms with Gasteiger partial charge in [-0.05, 0) is 62.4 Å². The smallest absolute Gasteiger partial charge is 0.267 e. The lowest BCUT2D eigenvalue weighted by molar-refractivity contribution is 0.0743. The number of amides is 2. The molecule has 3 aromatic rings. The highest BCUT2D eigenvalue weighted by atomic mass is 16.2. The molecule has 1 aliphatic heterocycles. The van der Waals surface area contributed by atoms with Gasteiger partial charge in [-0.2, -0.15) is 0 Å². The molecule has 152 valence electrons. The number of aryl methyl sites for hydroxylation is 3. The zero-order valence-electron chi connectivity index (χ0n) is 17.5. The van der Waals surface area contributed by atoms with Gasteiger partial charge in [-0.15, -0.1) is 0 Å². The number of hydrogen-bond acceptors (Lipinski definition) is 2. The van der Waals surface area contributed by atoms with Crippen molar-refractivity contribution in [1.82, 2.24) is 19.8 Å². The Morgan fingerprint density at radius 3 is 2.76 bits per heavy atom. The molecule has 1 fully saturated rings. The van der Waals surface area contributed by atoms with E-state index >= 15 is 0 Å². The second-order valence-electron chi connectivity index (χ2n) is 8.34. The van der Waals surface area contributed by atoms with Gasteiger partial charge in [0.25, 0.3) is 11.8 Å². The standard InChI is InChI=1S/C23H28N4O2/c1-14-5-6-20-19(16(14)3)10-21(25-20)22(28)24-11-17-9-15(2)27(12-17)23(29)18-7-8-26(4)13-18/h5-8,10,13,15,17,25H,9,11-12H2,1-4H3,(H,24,28). The van der Waals surface area contributed by atoms with Crippen molar-refractivity contribution in [2.45, 2.75) is 33.2 Å². The molecule has 4 rings (SSSR count). The molecule has 2 unspecified atom stereocenters. The summed E-state index contributed by atoms with van der Waals surface area (Å²) in [6.07, 6.45) is 4.63. The van der Waals surface area contributed by atoms with E-state index in [-0.39, 0.29) is 23.8 Å². The number of carbonyl (C=O) groups excluding carboxylic acids is 2. The van der Waals surface area contributed by atoms with Gasteiger partial charge in [-0.3, -0.25) is 9.59 Å². The molecule has 6 nitrogen and oxygen atoms in total. The molecular formula is C23H28N4O2. The molecule has 0 bridgehead atoms. The maximum absolute atomic E-state index is 12.8. The number of carbonyl (C=O) groups is 2. The van der Waals surface area contributed by atoms with Crippen molar-refractivity contribution in [2.75, 3.05) is 13.1 Å². The Kier molecular flexibility index (Phi) is 4.94. The van der Waals surface area contributed by atoms with Crippen LogP contribution in [0, 0.1) is 19.8 Å². The quantitative estimate of drug-likeness (QED) is 0.714. The molecule has 3 heterocycles. The number of H-pyrrole nitrogens is 1. The number of fused-ring (bicyclic) bond motifs is 1. The molecule has 2 atom stereocenters. The van der Waals surface area contributed by atoms with E-state index in [2.05, 4.69) is 37.1 Å². The summed E-state index contributed by atoms with van der Waals surface area (Å²) < 4.78 is 1.88. The number of likely N-dealkylation sites (tertiary alicyclic amines) is 1. The average Bonchev–Trinajstić information content (AvgIpc) is 3.41. The van der Waals surface area contributed by atoms with Crippen LogP contribution in [-0.4, -0.2) is 45.4 Å². The van der Waals surface area contributed by atoms with Gasteiger partial charge >= 0.3 is 0 Å². The van der Waals surface area contributed by atoms with Crippen LogP contribution in [0.1, 0.15) is 45.3 Å². The van der Waals surface area contributed by atoms with Gasteiger partial charge in [0.1, 0.15) is 5.69 Å². The highest BCUT2D eigenvalue weighted by molar-refractivity contribution is 5.99. The van der Waals surface area contributed by atoms with Gasteiger partial charge < -0.3 is 19.8 Å². The Bertz CT molecular complexity index is 1080. The SMILES string of the molecule is Cc1ccc2[nH]c(C(=O)NCC3CC(C)N(C(=O)c4ccn(C)c4)C3)cc2c1C. The molecule has 1 aliphatic rings. The molecule has 0 saturated carbocycles. The van der Waals surface area contributed by atoms with Crippen LogP contribution in [-0.2, 0) is 7.05 Å². The highest BCUT2D eigenvalue weighted by Crippen LogP contribution is 2.25. The summed E-state index contributed by atoms with van der Waals surface area (Å²) in [6, 6.07) is 8.02. The number of rotatable bonds is 4. The molecule has 6 heteroatoms. The second kappa shape index (κ2) is 7.43. The number of aromatic amines is 1. The van der Waals surface area contributed by atoms with Gasteiger partial charge in [0.05, 0.1) is 5.56 Å². The van der Waals surface area contributed by atoms with Crippen molar-refractivity contribution in [3.05, 3.63) is 59.0 Å². The normalized spacial score (nSPS) is 19.1. The predicted molar refractivity (Wildman–Crippen MR) is 114 cm³/mol. The van der Waals surface area contributed by atoms with Crippen molar-refractivity contribution in [1.29, 1.82) is 0 Å². The van der Waals surface area contributed by atoms with Crippen molar-refractivity contribution >= 4 is 22.7 Å². The Labute approximate surface area is 170 Å². The Morgan fingerprint density at radius 1 is 1.24 bits per heavy atom. The van der Waals surface area contributed by atoms with E-state index in [1.807, 2.05) is 47.1 Å². The molecule has 1 aromatic carbocycles. The summed E-state index contributed by atoms with van der Waals surface area (Å²) in [6.45, 7) is 7.46. The highest BCUT2D eigenvalue weighted by Gasteiger charge is 2.33. The summed E-state index contributed by atoms with van der Waals surface area (Å²) in [5.41, 5.74) is 4.68. The monoisotopic (exact) mass is 392 g/mol. The number of hydrogen-bond donors (Lipinski definition) is 2. The van der Waals surface area contributed by atoms with Crippen molar-refractivity contribution < 1.29 is 9.59 Å². The lowest BCUT2D eigenvalue weighted by Crippen LogP contribution is -2.35. The molecule has 0 aliphatic carbocycles. The van der Waals surface area contributed by atoms with Crippen LogP contribution in [0.4, 0.5) is 0 Å². The predicted octanol–water partition coefficient (Wildman–Crippen LogP) is 3.40. The largest absolute Gasteiger partial charge is 0.356 e. The van der Waals surface area contributed by atoms with Crippen molar-refractivity contribution in [2.24, 2.45) is 13.0 Å². The van der Waals surface area contributed by atoms with Crippen LogP contribution in [0.2, 0.25) is 0 Å². The summed E-state index contributed by atoms with van der Waals surface area (Å²) in [4.78, 5) is 30.6. The Hall–Kier alpha value is -3.02. The molecule has 0 radical (unpaired) electrons. The van der Waals surface area contributed by atoms with E-state index in [1.54, 1.807) is 0 Å². The fraction of sp³-hybridized carbons (Fsp3) is 0.391. The van der Waals surface area contributed by atoms with Crippen LogP contribution >= 0.6 is 0 Å². The minimum Gasteiger partial charge on any atom is -0.356 e. The number of benzene rings is 1. The van der Waals surface area contributed by atoms with Crippen LogP contribution in [0.3, 0.4) is 0 Å². The fourth-order valence-corrected chi connectivity index (χ4v) is 4.28. The third kappa shape index (κ3) is 3.67. The number of nitrogens with one attached hydrogen (secondary N) is 2. The third-order valence-electron chi connectivity index (χ3n) is 6.14. The summed E-state index contributed by atoms with van der Waals surface area (Å²) in [7, 11) is 1.91. The van der Waals surface area contributed by atoms with E-state index in [1.165, 1.54) is 11.1 Å². The molecule has 2 amide bonds. The first-order valence-corrected chi connectivity index (χ1v) is 10.1. The minimum absolute atomic E-state index is 0.0633. The van der Waals surface area contributed by atoms with Gasteiger partial charge in [0, 0.05) is 49.5 Å². The van der Waals surface area contributed by atoms with E-state index in [0.717, 1.165) is 17.3 Å². The summed E-state index contributed by atoms with van der Waals surface area (Å²) >= 11 is 0. The Morgan fingerprint density at radius 2 is 2.03 bits per heavy atom. The summed E-state index contributed by atoms with van der Waals surface area (Å²) in [5, 5.41) is 4.13. The average molecular weight is 393 g/mol. The topological polar surface area (TPSA) is 70.1 Å². The maximum Gasteiger partial charge on any atom is 0.267 e. The van der Waals surface area contributed by atoms with Crippen molar-refractivity contribution in [3.8, 4) is 0 Å². The number of nitrogens with zero attached hydrogens (tertiary/aromatic N) is 2. The fourth-order valence-electron chi connectivity index (χ4n) is 4.28. The van der Waals surface area contributed by atoms with E-state index < -0.39 is 0 Å². The van der Waals surface area contributed by atoms with Gasteiger partial charge in [0.15, 0.2) is 0 Å². The first-order chi connectivity index (χ1) is 13.8. The van der Waals surface area contributed by atoms with E-state index in [4.69, 9.17) is 0 Å². The maximum atomic E-state index is 12.8. The molecule has 0 spiro atoms. The zero-order chi connectivity index (χ0) is 20.7. The molecule has 2 aromatic heterocycles. The molecule has 1 saturated heterocycles. The van der Waals surface area contributed by atoms with Gasteiger partial charge in [-0.1, -0.05) is 6.07 Å². The van der Waals surface area contributed by atoms with Crippen LogP contribution in [0.25, 0.3) is 10.9 Å². The lowest BCUT2D eigenvalue weighted by atomic mass is 10.1. The first kappa shape index (κ1) is 19.3. The van der Waals surface area contributed by atoms with E-state index in [9.17, 15) is 9.59 Å². The van der Waals surface area contributed by atoms with Gasteiger partial charge in [-0.25, -0.2) is 0 Å². The van der Waals surface area contributed by atoms with Crippen LogP contribution in [0.5, 0.6) is 0 Å². The Balaban J connectivity index is 1.39. The number of aromatic nitrogens is 2. The minimum atomic E-state index is -0.0984.